The second kappa shape index (κ2) is 10.0. The van der Waals surface area contributed by atoms with Gasteiger partial charge in [-0.2, -0.15) is 0 Å². The van der Waals surface area contributed by atoms with E-state index < -0.39 is 6.10 Å². The Labute approximate surface area is 210 Å². The smallest absolute Gasteiger partial charge is 0.227 e. The van der Waals surface area contributed by atoms with Gasteiger partial charge in [-0.05, 0) is 49.7 Å². The van der Waals surface area contributed by atoms with E-state index in [1.807, 2.05) is 79.1 Å². The quantitative estimate of drug-likeness (QED) is 0.394. The second-order valence-corrected chi connectivity index (χ2v) is 9.38. The number of aliphatic hydroxyl groups excluding tert-OH is 1. The maximum Gasteiger partial charge on any atom is 0.227 e. The molecular weight excluding hydrogens is 454 g/mol. The number of ether oxygens (including phenoxy) is 2. The molecule has 1 aliphatic heterocycles. The normalized spacial score (nSPS) is 16.5. The number of benzene rings is 3. The highest BCUT2D eigenvalue weighted by atomic mass is 16.5. The number of nitrogens with zero attached hydrogens (tertiary/aromatic N) is 3. The number of methoxy groups -OCH3 is 1. The van der Waals surface area contributed by atoms with Crippen LogP contribution in [0.5, 0.6) is 11.5 Å². The average Bonchev–Trinajstić information content (AvgIpc) is 3.44. The van der Waals surface area contributed by atoms with Crippen molar-refractivity contribution in [3.63, 3.8) is 0 Å². The van der Waals surface area contributed by atoms with Gasteiger partial charge in [0.25, 0.3) is 0 Å². The van der Waals surface area contributed by atoms with Crippen LogP contribution in [0.2, 0.25) is 0 Å². The summed E-state index contributed by atoms with van der Waals surface area (Å²) in [6.07, 6.45) is -0.402. The molecule has 0 unspecified atom stereocenters. The summed E-state index contributed by atoms with van der Waals surface area (Å²) in [7, 11) is 1.61. The molecular formula is C29H31N3O4. The van der Waals surface area contributed by atoms with E-state index in [9.17, 15) is 9.90 Å². The van der Waals surface area contributed by atoms with Gasteiger partial charge in [-0.1, -0.05) is 42.0 Å². The summed E-state index contributed by atoms with van der Waals surface area (Å²) in [4.78, 5) is 19.7. The highest BCUT2D eigenvalue weighted by Crippen LogP contribution is 2.37. The Morgan fingerprint density at radius 2 is 1.83 bits per heavy atom. The maximum absolute atomic E-state index is 13.1. The topological polar surface area (TPSA) is 76.8 Å². The van der Waals surface area contributed by atoms with Crippen molar-refractivity contribution in [3.8, 4) is 11.5 Å². The molecule has 1 N–H and O–H groups in total. The van der Waals surface area contributed by atoms with Crippen molar-refractivity contribution in [2.75, 3.05) is 25.2 Å². The lowest BCUT2D eigenvalue weighted by molar-refractivity contribution is -0.117. The van der Waals surface area contributed by atoms with Gasteiger partial charge in [0.2, 0.25) is 5.91 Å². The predicted molar refractivity (Wildman–Crippen MR) is 140 cm³/mol. The molecule has 0 spiro atoms. The summed E-state index contributed by atoms with van der Waals surface area (Å²) in [6, 6.07) is 21.4. The number of hydrogen-bond donors (Lipinski definition) is 1. The third kappa shape index (κ3) is 4.66. The number of hydrogen-bond acceptors (Lipinski definition) is 5. The molecule has 1 saturated heterocycles. The first-order valence-electron chi connectivity index (χ1n) is 12.2. The highest BCUT2D eigenvalue weighted by Gasteiger charge is 2.36. The standard InChI is InChI=1S/C29H31N3O4/c1-19-12-13-26(20(2)14-19)36-18-22(33)17-32-24-9-5-4-8-23(24)30-29(32)21-15-28(34)31(16-21)25-10-6-7-11-27(25)35-3/h4-14,21-22,33H,15-18H2,1-3H3/t21-,22+/m1/s1. The van der Waals surface area contributed by atoms with Crippen LogP contribution in [-0.4, -0.2) is 46.9 Å². The van der Waals surface area contributed by atoms with Crippen LogP contribution < -0.4 is 14.4 Å². The molecule has 4 aromatic rings. The Balaban J connectivity index is 1.39. The third-order valence-electron chi connectivity index (χ3n) is 6.71. The first kappa shape index (κ1) is 23.9. The molecule has 2 atom stereocenters. The Kier molecular flexibility index (Phi) is 6.65. The number of carbonyl (C=O) groups is 1. The van der Waals surface area contributed by atoms with Crippen molar-refractivity contribution in [2.45, 2.75) is 38.8 Å². The lowest BCUT2D eigenvalue weighted by Gasteiger charge is -2.20. The zero-order valence-electron chi connectivity index (χ0n) is 20.8. The molecule has 186 valence electrons. The molecule has 7 heteroatoms. The molecule has 0 radical (unpaired) electrons. The number of aromatic nitrogens is 2. The molecule has 3 aromatic carbocycles. The van der Waals surface area contributed by atoms with E-state index in [2.05, 4.69) is 6.07 Å². The fourth-order valence-electron chi connectivity index (χ4n) is 4.97. The molecule has 0 bridgehead atoms. The summed E-state index contributed by atoms with van der Waals surface area (Å²) in [6.45, 7) is 5.02. The van der Waals surface area contributed by atoms with Gasteiger partial charge in [-0.25, -0.2) is 4.98 Å². The maximum atomic E-state index is 13.1. The number of aryl methyl sites for hydroxylation is 2. The summed E-state index contributed by atoms with van der Waals surface area (Å²) in [5, 5.41) is 10.9. The number of anilines is 1. The number of carbonyl (C=O) groups excluding carboxylic acids is 1. The molecule has 0 saturated carbocycles. The van der Waals surface area contributed by atoms with Crippen LogP contribution >= 0.6 is 0 Å². The van der Waals surface area contributed by atoms with Crippen LogP contribution in [0.1, 0.15) is 29.3 Å². The van der Waals surface area contributed by atoms with Crippen LogP contribution in [0.15, 0.2) is 66.7 Å². The van der Waals surface area contributed by atoms with Crippen LogP contribution in [0.25, 0.3) is 11.0 Å². The van der Waals surface area contributed by atoms with Gasteiger partial charge < -0.3 is 24.0 Å². The molecule has 2 heterocycles. The number of rotatable bonds is 8. The minimum Gasteiger partial charge on any atom is -0.495 e. The van der Waals surface area contributed by atoms with Crippen LogP contribution in [-0.2, 0) is 11.3 Å². The van der Waals surface area contributed by atoms with Crippen LogP contribution in [0, 0.1) is 13.8 Å². The monoisotopic (exact) mass is 485 g/mol. The zero-order chi connectivity index (χ0) is 25.2. The first-order chi connectivity index (χ1) is 17.4. The van der Waals surface area contributed by atoms with Gasteiger partial charge in [0.1, 0.15) is 30.0 Å². The second-order valence-electron chi connectivity index (χ2n) is 9.38. The fraction of sp³-hybridized carbons (Fsp3) is 0.310. The summed E-state index contributed by atoms with van der Waals surface area (Å²) >= 11 is 0. The Bertz CT molecular complexity index is 1400. The molecule has 0 aliphatic carbocycles. The van der Waals surface area contributed by atoms with Crippen molar-refractivity contribution < 1.29 is 19.4 Å². The van der Waals surface area contributed by atoms with Crippen LogP contribution in [0.3, 0.4) is 0 Å². The lowest BCUT2D eigenvalue weighted by atomic mass is 10.1. The number of fused-ring (bicyclic) bond motifs is 1. The fourth-order valence-corrected chi connectivity index (χ4v) is 4.97. The van der Waals surface area contributed by atoms with Crippen molar-refractivity contribution >= 4 is 22.6 Å². The highest BCUT2D eigenvalue weighted by molar-refractivity contribution is 5.97. The van der Waals surface area contributed by atoms with E-state index >= 15 is 0 Å². The van der Waals surface area contributed by atoms with E-state index in [4.69, 9.17) is 14.5 Å². The molecule has 5 rings (SSSR count). The molecule has 1 amide bonds. The number of amides is 1. The Morgan fingerprint density at radius 1 is 1.06 bits per heavy atom. The summed E-state index contributed by atoms with van der Waals surface area (Å²) in [5.41, 5.74) is 4.75. The van der Waals surface area contributed by atoms with Gasteiger partial charge in [0.05, 0.1) is 30.4 Å². The van der Waals surface area contributed by atoms with E-state index in [0.29, 0.717) is 25.3 Å². The lowest BCUT2D eigenvalue weighted by Crippen LogP contribution is -2.27. The molecule has 1 aromatic heterocycles. The molecule has 1 fully saturated rings. The Morgan fingerprint density at radius 3 is 2.64 bits per heavy atom. The average molecular weight is 486 g/mol. The first-order valence-corrected chi connectivity index (χ1v) is 12.2. The molecule has 36 heavy (non-hydrogen) atoms. The van der Waals surface area contributed by atoms with Gasteiger partial charge >= 0.3 is 0 Å². The number of para-hydroxylation sites is 4. The van der Waals surface area contributed by atoms with E-state index in [1.165, 1.54) is 5.56 Å². The van der Waals surface area contributed by atoms with Crippen molar-refractivity contribution in [2.24, 2.45) is 0 Å². The molecule has 7 nitrogen and oxygen atoms in total. The zero-order valence-corrected chi connectivity index (χ0v) is 20.8. The van der Waals surface area contributed by atoms with Crippen molar-refractivity contribution in [1.82, 2.24) is 9.55 Å². The van der Waals surface area contributed by atoms with Gasteiger partial charge in [-0.3, -0.25) is 4.79 Å². The summed E-state index contributed by atoms with van der Waals surface area (Å²) < 4.78 is 13.5. The minimum absolute atomic E-state index is 0.0295. The van der Waals surface area contributed by atoms with E-state index in [1.54, 1.807) is 12.0 Å². The van der Waals surface area contributed by atoms with Gasteiger partial charge in [0.15, 0.2) is 0 Å². The Hall–Kier alpha value is -3.84. The largest absolute Gasteiger partial charge is 0.495 e. The SMILES string of the molecule is COc1ccccc1N1C[C@H](c2nc3ccccc3n2C[C@H](O)COc2ccc(C)cc2C)CC1=O. The number of aliphatic hydroxyl groups is 1. The molecule has 1 aliphatic rings. The van der Waals surface area contributed by atoms with Gasteiger partial charge in [-0.15, -0.1) is 0 Å². The van der Waals surface area contributed by atoms with Crippen molar-refractivity contribution in [3.05, 3.63) is 83.7 Å². The van der Waals surface area contributed by atoms with E-state index in [-0.39, 0.29) is 18.4 Å². The van der Waals surface area contributed by atoms with Gasteiger partial charge in [0, 0.05) is 18.9 Å². The summed E-state index contributed by atoms with van der Waals surface area (Å²) in [5.74, 6) is 2.15. The van der Waals surface area contributed by atoms with E-state index in [0.717, 1.165) is 33.9 Å². The van der Waals surface area contributed by atoms with Crippen LogP contribution in [0.4, 0.5) is 5.69 Å². The minimum atomic E-state index is -0.746. The van der Waals surface area contributed by atoms with Crippen molar-refractivity contribution in [1.29, 1.82) is 0 Å². The number of imidazole rings is 1. The predicted octanol–water partition coefficient (Wildman–Crippen LogP) is 4.62. The third-order valence-corrected chi connectivity index (χ3v) is 6.71.